The smallest absolute Gasteiger partial charge is 0.251 e. The lowest BCUT2D eigenvalue weighted by Gasteiger charge is -2.38. The van der Waals surface area contributed by atoms with E-state index in [4.69, 9.17) is 5.11 Å². The summed E-state index contributed by atoms with van der Waals surface area (Å²) in [5.41, 5.74) is 1.84. The van der Waals surface area contributed by atoms with Crippen LogP contribution < -0.4 is 10.2 Å². The van der Waals surface area contributed by atoms with E-state index in [0.29, 0.717) is 11.6 Å². The summed E-state index contributed by atoms with van der Waals surface area (Å²) in [7, 11) is 0. The first-order valence-electron chi connectivity index (χ1n) is 8.93. The van der Waals surface area contributed by atoms with Crippen molar-refractivity contribution in [2.45, 2.75) is 39.8 Å². The fraction of sp³-hybridized carbons (Fsp3) is 0.632. The summed E-state index contributed by atoms with van der Waals surface area (Å²) >= 11 is 0. The second-order valence-corrected chi connectivity index (χ2v) is 7.09. The SMILES string of the molecule is CC(CO)C(C)NC(=O)c1ccc(N2CCN(C(C)C)CC2)cc1. The van der Waals surface area contributed by atoms with Gasteiger partial charge < -0.3 is 15.3 Å². The van der Waals surface area contributed by atoms with Gasteiger partial charge >= 0.3 is 0 Å². The minimum Gasteiger partial charge on any atom is -0.396 e. The van der Waals surface area contributed by atoms with Crippen LogP contribution in [0, 0.1) is 5.92 Å². The highest BCUT2D eigenvalue weighted by atomic mass is 16.3. The monoisotopic (exact) mass is 333 g/mol. The minimum atomic E-state index is -0.0843. The van der Waals surface area contributed by atoms with E-state index in [2.05, 4.69) is 29.0 Å². The molecule has 134 valence electrons. The maximum Gasteiger partial charge on any atom is 0.251 e. The molecule has 0 bridgehead atoms. The molecule has 1 aromatic rings. The molecule has 5 heteroatoms. The molecule has 1 heterocycles. The Kier molecular flexibility index (Phi) is 6.63. The summed E-state index contributed by atoms with van der Waals surface area (Å²) in [6, 6.07) is 8.37. The molecule has 0 radical (unpaired) electrons. The summed E-state index contributed by atoms with van der Waals surface area (Å²) in [6.07, 6.45) is 0. The molecule has 0 spiro atoms. The van der Waals surface area contributed by atoms with Crippen LogP contribution in [-0.2, 0) is 0 Å². The van der Waals surface area contributed by atoms with E-state index in [-0.39, 0.29) is 24.5 Å². The highest BCUT2D eigenvalue weighted by Crippen LogP contribution is 2.18. The second-order valence-electron chi connectivity index (χ2n) is 7.09. The molecule has 1 saturated heterocycles. The van der Waals surface area contributed by atoms with Gasteiger partial charge in [-0.25, -0.2) is 0 Å². The highest BCUT2D eigenvalue weighted by molar-refractivity contribution is 5.94. The molecule has 2 unspecified atom stereocenters. The van der Waals surface area contributed by atoms with Gasteiger partial charge in [-0.15, -0.1) is 0 Å². The standard InChI is InChI=1S/C19H31N3O2/c1-14(2)21-9-11-22(12-10-21)18-7-5-17(6-8-18)19(24)20-16(4)15(3)13-23/h5-8,14-16,23H,9-13H2,1-4H3,(H,20,24). The number of amides is 1. The number of anilines is 1. The summed E-state index contributed by atoms with van der Waals surface area (Å²) in [6.45, 7) is 12.6. The lowest BCUT2D eigenvalue weighted by molar-refractivity contribution is 0.0916. The first kappa shape index (κ1) is 18.7. The third-order valence-corrected chi connectivity index (χ3v) is 5.04. The topological polar surface area (TPSA) is 55.8 Å². The maximum atomic E-state index is 12.3. The molecule has 0 aliphatic carbocycles. The van der Waals surface area contributed by atoms with Crippen LogP contribution in [0.4, 0.5) is 5.69 Å². The quantitative estimate of drug-likeness (QED) is 0.836. The van der Waals surface area contributed by atoms with Crippen molar-refractivity contribution in [1.29, 1.82) is 0 Å². The Morgan fingerprint density at radius 3 is 2.17 bits per heavy atom. The van der Waals surface area contributed by atoms with Gasteiger partial charge in [-0.1, -0.05) is 6.92 Å². The first-order valence-corrected chi connectivity index (χ1v) is 8.93. The molecular formula is C19H31N3O2. The van der Waals surface area contributed by atoms with Gasteiger partial charge in [-0.3, -0.25) is 9.69 Å². The minimum absolute atomic E-state index is 0.0467. The zero-order chi connectivity index (χ0) is 17.7. The van der Waals surface area contributed by atoms with Gasteiger partial charge in [0.2, 0.25) is 0 Å². The zero-order valence-corrected chi connectivity index (χ0v) is 15.3. The molecule has 1 aliphatic rings. The second kappa shape index (κ2) is 8.49. The number of carbonyl (C=O) groups excluding carboxylic acids is 1. The van der Waals surface area contributed by atoms with Gasteiger partial charge in [0, 0.05) is 56.1 Å². The lowest BCUT2D eigenvalue weighted by Crippen LogP contribution is -2.48. The Morgan fingerprint density at radius 2 is 1.67 bits per heavy atom. The van der Waals surface area contributed by atoms with Crippen LogP contribution in [0.2, 0.25) is 0 Å². The van der Waals surface area contributed by atoms with E-state index in [1.54, 1.807) is 0 Å². The van der Waals surface area contributed by atoms with Crippen LogP contribution in [0.15, 0.2) is 24.3 Å². The Labute approximate surface area is 145 Å². The fourth-order valence-corrected chi connectivity index (χ4v) is 2.91. The molecule has 1 aliphatic heterocycles. The van der Waals surface area contributed by atoms with Gasteiger partial charge in [0.05, 0.1) is 0 Å². The number of nitrogens with one attached hydrogen (secondary N) is 1. The number of aliphatic hydroxyl groups is 1. The van der Waals surface area contributed by atoms with Crippen LogP contribution in [0.5, 0.6) is 0 Å². The molecule has 0 aromatic heterocycles. The van der Waals surface area contributed by atoms with Crippen LogP contribution in [-0.4, -0.2) is 60.8 Å². The van der Waals surface area contributed by atoms with Gasteiger partial charge in [0.1, 0.15) is 0 Å². The molecular weight excluding hydrogens is 302 g/mol. The molecule has 5 nitrogen and oxygen atoms in total. The number of nitrogens with zero attached hydrogens (tertiary/aromatic N) is 2. The van der Waals surface area contributed by atoms with E-state index in [0.717, 1.165) is 26.2 Å². The molecule has 1 fully saturated rings. The van der Waals surface area contributed by atoms with Gasteiger partial charge in [0.25, 0.3) is 5.91 Å². The summed E-state index contributed by atoms with van der Waals surface area (Å²) in [5, 5.41) is 12.1. The first-order chi connectivity index (χ1) is 11.4. The third kappa shape index (κ3) is 4.71. The molecule has 0 saturated carbocycles. The summed E-state index contributed by atoms with van der Waals surface area (Å²) < 4.78 is 0. The molecule has 2 atom stereocenters. The normalized spacial score (nSPS) is 18.5. The van der Waals surface area contributed by atoms with Crippen LogP contribution in [0.3, 0.4) is 0 Å². The lowest BCUT2D eigenvalue weighted by atomic mass is 10.0. The van der Waals surface area contributed by atoms with Gasteiger partial charge in [0.15, 0.2) is 0 Å². The third-order valence-electron chi connectivity index (χ3n) is 5.04. The highest BCUT2D eigenvalue weighted by Gasteiger charge is 2.19. The average Bonchev–Trinajstić information content (AvgIpc) is 2.61. The molecule has 2 rings (SSSR count). The van der Waals surface area contributed by atoms with E-state index < -0.39 is 0 Å². The Hall–Kier alpha value is -1.59. The summed E-state index contributed by atoms with van der Waals surface area (Å²) in [5.74, 6) is -0.0375. The average molecular weight is 333 g/mol. The van der Waals surface area contributed by atoms with Crippen molar-refractivity contribution in [3.63, 3.8) is 0 Å². The molecule has 1 amide bonds. The zero-order valence-electron chi connectivity index (χ0n) is 15.3. The number of aliphatic hydroxyl groups excluding tert-OH is 1. The number of carbonyl (C=O) groups is 1. The van der Waals surface area contributed by atoms with E-state index >= 15 is 0 Å². The number of hydrogen-bond acceptors (Lipinski definition) is 4. The number of benzene rings is 1. The Morgan fingerprint density at radius 1 is 1.08 bits per heavy atom. The van der Waals surface area contributed by atoms with E-state index in [1.807, 2.05) is 38.1 Å². The van der Waals surface area contributed by atoms with Crippen molar-refractivity contribution in [2.24, 2.45) is 5.92 Å². The van der Waals surface area contributed by atoms with Crippen molar-refractivity contribution in [2.75, 3.05) is 37.7 Å². The Balaban J connectivity index is 1.92. The van der Waals surface area contributed by atoms with Crippen molar-refractivity contribution >= 4 is 11.6 Å². The van der Waals surface area contributed by atoms with Crippen molar-refractivity contribution in [1.82, 2.24) is 10.2 Å². The predicted molar refractivity (Wildman–Crippen MR) is 98.5 cm³/mol. The fourth-order valence-electron chi connectivity index (χ4n) is 2.91. The van der Waals surface area contributed by atoms with Crippen LogP contribution >= 0.6 is 0 Å². The van der Waals surface area contributed by atoms with Gasteiger partial charge in [-0.2, -0.15) is 0 Å². The number of hydrogen-bond donors (Lipinski definition) is 2. The van der Waals surface area contributed by atoms with Crippen molar-refractivity contribution in [3.8, 4) is 0 Å². The number of rotatable bonds is 6. The van der Waals surface area contributed by atoms with Gasteiger partial charge in [-0.05, 0) is 51.0 Å². The largest absolute Gasteiger partial charge is 0.396 e. The van der Waals surface area contributed by atoms with Crippen LogP contribution in [0.1, 0.15) is 38.1 Å². The molecule has 1 aromatic carbocycles. The Bertz CT molecular complexity index is 522. The van der Waals surface area contributed by atoms with E-state index in [9.17, 15) is 4.79 Å². The van der Waals surface area contributed by atoms with E-state index in [1.165, 1.54) is 5.69 Å². The maximum absolute atomic E-state index is 12.3. The molecule has 24 heavy (non-hydrogen) atoms. The van der Waals surface area contributed by atoms with Crippen molar-refractivity contribution < 1.29 is 9.90 Å². The number of piperazine rings is 1. The van der Waals surface area contributed by atoms with Crippen molar-refractivity contribution in [3.05, 3.63) is 29.8 Å². The van der Waals surface area contributed by atoms with Crippen LogP contribution in [0.25, 0.3) is 0 Å². The molecule has 2 N–H and O–H groups in total. The summed E-state index contributed by atoms with van der Waals surface area (Å²) in [4.78, 5) is 17.1. The predicted octanol–water partition coefficient (Wildman–Crippen LogP) is 1.96.